The minimum atomic E-state index is 0.211. The molecule has 0 spiro atoms. The van der Waals surface area contributed by atoms with Crippen LogP contribution < -0.4 is 0 Å². The molecule has 0 bridgehead atoms. The summed E-state index contributed by atoms with van der Waals surface area (Å²) in [5.74, 6) is 0.547. The number of hydrazone groups is 1. The van der Waals surface area contributed by atoms with Crippen LogP contribution in [0.4, 0.5) is 0 Å². The van der Waals surface area contributed by atoms with Gasteiger partial charge in [0.1, 0.15) is 0 Å². The average molecular weight is 437 g/mol. The van der Waals surface area contributed by atoms with Crippen molar-refractivity contribution in [2.75, 3.05) is 39.3 Å². The SMILES string of the molecule is O=C1CC2CCc3ccsc3C2=NN1CCCCN1CCN(Cc2ccccc2)CC1. The number of carbonyl (C=O) groups is 1. The first kappa shape index (κ1) is 20.9. The molecule has 1 aliphatic carbocycles. The van der Waals surface area contributed by atoms with Gasteiger partial charge in [0, 0.05) is 51.6 Å². The van der Waals surface area contributed by atoms with E-state index in [2.05, 4.69) is 51.6 Å². The van der Waals surface area contributed by atoms with Crippen LogP contribution >= 0.6 is 11.3 Å². The zero-order chi connectivity index (χ0) is 21.0. The van der Waals surface area contributed by atoms with E-state index in [1.807, 2.05) is 0 Å². The molecule has 1 unspecified atom stereocenters. The standard InChI is InChI=1S/C25H32N4OS/c30-23-18-22-9-8-21-10-17-31-25(21)24(22)26-29(23)12-5-4-11-27-13-15-28(16-14-27)19-20-6-2-1-3-7-20/h1-3,6-7,10,17,22H,4-5,8-9,11-16,18-19H2. The Morgan fingerprint density at radius 2 is 1.74 bits per heavy atom. The summed E-state index contributed by atoms with van der Waals surface area (Å²) in [5, 5.41) is 8.75. The lowest BCUT2D eigenvalue weighted by molar-refractivity contribution is -0.132. The number of nitrogens with zero attached hydrogens (tertiary/aromatic N) is 4. The monoisotopic (exact) mass is 436 g/mol. The number of fused-ring (bicyclic) bond motifs is 3. The third-order valence-corrected chi connectivity index (χ3v) is 7.85. The van der Waals surface area contributed by atoms with Gasteiger partial charge in [0.2, 0.25) is 5.91 Å². The molecule has 0 radical (unpaired) electrons. The Balaban J connectivity index is 1.06. The minimum Gasteiger partial charge on any atom is -0.301 e. The van der Waals surface area contributed by atoms with Crippen molar-refractivity contribution in [2.45, 2.75) is 38.6 Å². The summed E-state index contributed by atoms with van der Waals surface area (Å²) >= 11 is 1.78. The van der Waals surface area contributed by atoms with Crippen molar-refractivity contribution in [3.8, 4) is 0 Å². The van der Waals surface area contributed by atoms with E-state index in [0.717, 1.165) is 71.5 Å². The maximum atomic E-state index is 12.6. The summed E-state index contributed by atoms with van der Waals surface area (Å²) in [4.78, 5) is 19.0. The fraction of sp³-hybridized carbons (Fsp3) is 0.520. The molecule has 1 aromatic carbocycles. The van der Waals surface area contributed by atoms with Gasteiger partial charge in [0.05, 0.1) is 10.6 Å². The normalized spacial score (nSPS) is 22.2. The largest absolute Gasteiger partial charge is 0.301 e. The summed E-state index contributed by atoms with van der Waals surface area (Å²) < 4.78 is 0. The first-order valence-corrected chi connectivity index (χ1v) is 12.6. The predicted molar refractivity (Wildman–Crippen MR) is 126 cm³/mol. The number of carbonyl (C=O) groups excluding carboxylic acids is 1. The van der Waals surface area contributed by atoms with Gasteiger partial charge in [-0.05, 0) is 54.8 Å². The van der Waals surface area contributed by atoms with Crippen LogP contribution in [0.3, 0.4) is 0 Å². The van der Waals surface area contributed by atoms with Crippen LogP contribution in [0.25, 0.3) is 0 Å². The van der Waals surface area contributed by atoms with E-state index >= 15 is 0 Å². The van der Waals surface area contributed by atoms with Gasteiger partial charge >= 0.3 is 0 Å². The number of piperazine rings is 1. The maximum absolute atomic E-state index is 12.6. The second-order valence-electron chi connectivity index (χ2n) is 9.03. The van der Waals surface area contributed by atoms with Crippen LogP contribution in [0, 0.1) is 5.92 Å². The highest BCUT2D eigenvalue weighted by Gasteiger charge is 2.34. The Kier molecular flexibility index (Phi) is 6.48. The maximum Gasteiger partial charge on any atom is 0.243 e. The zero-order valence-electron chi connectivity index (χ0n) is 18.2. The van der Waals surface area contributed by atoms with E-state index in [9.17, 15) is 4.79 Å². The van der Waals surface area contributed by atoms with Gasteiger partial charge in [-0.1, -0.05) is 30.3 Å². The van der Waals surface area contributed by atoms with Gasteiger partial charge in [-0.25, -0.2) is 5.01 Å². The van der Waals surface area contributed by atoms with Crippen LogP contribution in [0.5, 0.6) is 0 Å². The van der Waals surface area contributed by atoms with Crippen molar-refractivity contribution < 1.29 is 4.79 Å². The molecule has 5 nitrogen and oxygen atoms in total. The van der Waals surface area contributed by atoms with Crippen molar-refractivity contribution in [3.05, 3.63) is 57.8 Å². The number of thiophene rings is 1. The second-order valence-corrected chi connectivity index (χ2v) is 9.94. The third-order valence-electron chi connectivity index (χ3n) is 6.87. The Labute approximate surface area is 189 Å². The van der Waals surface area contributed by atoms with Crippen LogP contribution in [0.1, 0.15) is 41.7 Å². The highest BCUT2D eigenvalue weighted by atomic mass is 32.1. The molecule has 1 amide bonds. The summed E-state index contributed by atoms with van der Waals surface area (Å²) in [5.41, 5.74) is 3.99. The summed E-state index contributed by atoms with van der Waals surface area (Å²) in [6, 6.07) is 13.0. The summed E-state index contributed by atoms with van der Waals surface area (Å²) in [7, 11) is 0. The van der Waals surface area contributed by atoms with E-state index < -0.39 is 0 Å². The Morgan fingerprint density at radius 1 is 0.968 bits per heavy atom. The van der Waals surface area contributed by atoms with E-state index in [1.165, 1.54) is 21.7 Å². The van der Waals surface area contributed by atoms with E-state index in [-0.39, 0.29) is 5.91 Å². The summed E-state index contributed by atoms with van der Waals surface area (Å²) in [6.45, 7) is 7.48. The molecule has 6 heteroatoms. The predicted octanol–water partition coefficient (Wildman–Crippen LogP) is 3.84. The first-order chi connectivity index (χ1) is 15.3. The fourth-order valence-corrected chi connectivity index (χ4v) is 6.04. The van der Waals surface area contributed by atoms with Gasteiger partial charge in [-0.2, -0.15) is 5.10 Å². The number of unbranched alkanes of at least 4 members (excludes halogenated alkanes) is 1. The van der Waals surface area contributed by atoms with Crippen molar-refractivity contribution in [1.29, 1.82) is 0 Å². The van der Waals surface area contributed by atoms with Crippen LogP contribution in [-0.2, 0) is 17.8 Å². The molecular weight excluding hydrogens is 404 g/mol. The van der Waals surface area contributed by atoms with Crippen LogP contribution in [0.2, 0.25) is 0 Å². The number of aryl methyl sites for hydroxylation is 1. The van der Waals surface area contributed by atoms with E-state index in [0.29, 0.717) is 12.3 Å². The van der Waals surface area contributed by atoms with E-state index in [1.54, 1.807) is 16.3 Å². The highest BCUT2D eigenvalue weighted by Crippen LogP contribution is 2.34. The molecule has 1 aromatic heterocycles. The van der Waals surface area contributed by atoms with Gasteiger partial charge in [-0.3, -0.25) is 9.69 Å². The Morgan fingerprint density at radius 3 is 2.58 bits per heavy atom. The molecule has 1 saturated heterocycles. The molecule has 2 aromatic rings. The number of rotatable bonds is 7. The Hall–Kier alpha value is -2.02. The first-order valence-electron chi connectivity index (χ1n) is 11.7. The van der Waals surface area contributed by atoms with Crippen molar-refractivity contribution in [2.24, 2.45) is 11.0 Å². The number of benzene rings is 1. The van der Waals surface area contributed by atoms with Crippen molar-refractivity contribution in [3.63, 3.8) is 0 Å². The number of hydrogen-bond acceptors (Lipinski definition) is 5. The lowest BCUT2D eigenvalue weighted by Crippen LogP contribution is -2.46. The van der Waals surface area contributed by atoms with Gasteiger partial charge in [-0.15, -0.1) is 11.3 Å². The van der Waals surface area contributed by atoms with Crippen molar-refractivity contribution >= 4 is 23.0 Å². The summed E-state index contributed by atoms with van der Waals surface area (Å²) in [6.07, 6.45) is 4.95. The molecule has 3 aliphatic rings. The molecule has 31 heavy (non-hydrogen) atoms. The lowest BCUT2D eigenvalue weighted by Gasteiger charge is -2.35. The highest BCUT2D eigenvalue weighted by molar-refractivity contribution is 7.12. The third kappa shape index (κ3) is 4.92. The molecule has 0 saturated carbocycles. The number of amides is 1. The fourth-order valence-electron chi connectivity index (χ4n) is 5.02. The van der Waals surface area contributed by atoms with Gasteiger partial charge in [0.15, 0.2) is 0 Å². The quantitative estimate of drug-likeness (QED) is 0.619. The van der Waals surface area contributed by atoms with Gasteiger partial charge in [0.25, 0.3) is 0 Å². The molecule has 5 rings (SSSR count). The smallest absolute Gasteiger partial charge is 0.243 e. The average Bonchev–Trinajstić information content (AvgIpc) is 3.28. The topological polar surface area (TPSA) is 39.2 Å². The molecule has 1 atom stereocenters. The zero-order valence-corrected chi connectivity index (χ0v) is 19.0. The van der Waals surface area contributed by atoms with Crippen LogP contribution in [0.15, 0.2) is 46.9 Å². The molecule has 164 valence electrons. The second kappa shape index (κ2) is 9.63. The lowest BCUT2D eigenvalue weighted by atomic mass is 9.84. The van der Waals surface area contributed by atoms with Gasteiger partial charge < -0.3 is 4.90 Å². The molecular formula is C25H32N4OS. The Bertz CT molecular complexity index is 917. The minimum absolute atomic E-state index is 0.211. The number of hydrogen-bond donors (Lipinski definition) is 0. The molecule has 0 N–H and O–H groups in total. The molecule has 1 fully saturated rings. The molecule has 2 aliphatic heterocycles. The van der Waals surface area contributed by atoms with Crippen LogP contribution in [-0.4, -0.2) is 65.7 Å². The van der Waals surface area contributed by atoms with E-state index in [4.69, 9.17) is 5.10 Å². The molecule has 3 heterocycles. The van der Waals surface area contributed by atoms with Crippen molar-refractivity contribution in [1.82, 2.24) is 14.8 Å².